The molecule has 0 aliphatic heterocycles. The Kier molecular flexibility index (Phi) is 2.08. The van der Waals surface area contributed by atoms with Crippen LogP contribution < -0.4 is 0 Å². The molecule has 12 heavy (non-hydrogen) atoms. The topological polar surface area (TPSA) is 0 Å². The lowest BCUT2D eigenvalue weighted by Gasteiger charge is -2.19. The van der Waals surface area contributed by atoms with E-state index in [0.717, 1.165) is 17.8 Å². The summed E-state index contributed by atoms with van der Waals surface area (Å²) < 4.78 is 0. The first-order valence-electron chi connectivity index (χ1n) is 5.15. The molecule has 1 atom stereocenters. The Morgan fingerprint density at radius 3 is 2.50 bits per heavy atom. The minimum absolute atomic E-state index is 0.799. The van der Waals surface area contributed by atoms with Crippen LogP contribution in [0.15, 0.2) is 23.8 Å². The fourth-order valence-electron chi connectivity index (χ4n) is 1.87. The second kappa shape index (κ2) is 3.08. The van der Waals surface area contributed by atoms with Crippen LogP contribution in [0.1, 0.15) is 33.1 Å². The number of allylic oxidation sites excluding steroid dienone is 4. The second-order valence-electron chi connectivity index (χ2n) is 4.48. The minimum Gasteiger partial charge on any atom is -0.0806 e. The molecule has 0 aromatic heterocycles. The van der Waals surface area contributed by atoms with Gasteiger partial charge in [0.15, 0.2) is 0 Å². The monoisotopic (exact) mass is 162 g/mol. The SMILES string of the molecule is CC(C)C1C=CC(C2CC2)=CC1. The molecule has 0 aromatic carbocycles. The van der Waals surface area contributed by atoms with Crippen LogP contribution in [0.3, 0.4) is 0 Å². The zero-order chi connectivity index (χ0) is 8.55. The van der Waals surface area contributed by atoms with Crippen LogP contribution in [0, 0.1) is 17.8 Å². The Morgan fingerprint density at radius 2 is 2.08 bits per heavy atom. The van der Waals surface area contributed by atoms with Crippen molar-refractivity contribution in [1.29, 1.82) is 0 Å². The highest BCUT2D eigenvalue weighted by Crippen LogP contribution is 2.39. The van der Waals surface area contributed by atoms with Gasteiger partial charge in [-0.25, -0.2) is 0 Å². The molecule has 0 bridgehead atoms. The third-order valence-corrected chi connectivity index (χ3v) is 3.07. The van der Waals surface area contributed by atoms with Crippen molar-refractivity contribution in [1.82, 2.24) is 0 Å². The molecular formula is C12H18. The van der Waals surface area contributed by atoms with Crippen LogP contribution in [0.25, 0.3) is 0 Å². The van der Waals surface area contributed by atoms with Crippen LogP contribution >= 0.6 is 0 Å². The summed E-state index contributed by atoms with van der Waals surface area (Å²) in [5, 5.41) is 0. The maximum atomic E-state index is 2.46. The molecule has 0 heteroatoms. The van der Waals surface area contributed by atoms with E-state index in [2.05, 4.69) is 32.1 Å². The van der Waals surface area contributed by atoms with E-state index in [1.165, 1.54) is 19.3 Å². The molecule has 0 spiro atoms. The van der Waals surface area contributed by atoms with Crippen molar-refractivity contribution in [2.24, 2.45) is 17.8 Å². The van der Waals surface area contributed by atoms with Crippen molar-refractivity contribution in [3.05, 3.63) is 23.8 Å². The molecule has 1 fully saturated rings. The molecule has 0 N–H and O–H groups in total. The Morgan fingerprint density at radius 1 is 1.33 bits per heavy atom. The van der Waals surface area contributed by atoms with Gasteiger partial charge in [0.2, 0.25) is 0 Å². The van der Waals surface area contributed by atoms with Gasteiger partial charge >= 0.3 is 0 Å². The molecule has 0 radical (unpaired) electrons. The summed E-state index contributed by atoms with van der Waals surface area (Å²) in [4.78, 5) is 0. The summed E-state index contributed by atoms with van der Waals surface area (Å²) >= 11 is 0. The highest BCUT2D eigenvalue weighted by Gasteiger charge is 2.26. The summed E-state index contributed by atoms with van der Waals surface area (Å²) in [5.74, 6) is 2.54. The Balaban J connectivity index is 1.96. The lowest BCUT2D eigenvalue weighted by Crippen LogP contribution is -2.07. The van der Waals surface area contributed by atoms with E-state index in [9.17, 15) is 0 Å². The average Bonchev–Trinajstić information content (AvgIpc) is 2.87. The maximum Gasteiger partial charge on any atom is -0.0165 e. The van der Waals surface area contributed by atoms with Crippen LogP contribution in [0.2, 0.25) is 0 Å². The first kappa shape index (κ1) is 8.10. The van der Waals surface area contributed by atoms with E-state index in [1.807, 2.05) is 0 Å². The summed E-state index contributed by atoms with van der Waals surface area (Å²) in [7, 11) is 0. The van der Waals surface area contributed by atoms with Gasteiger partial charge in [-0.2, -0.15) is 0 Å². The fraction of sp³-hybridized carbons (Fsp3) is 0.667. The summed E-state index contributed by atoms with van der Waals surface area (Å²) in [6.45, 7) is 4.62. The van der Waals surface area contributed by atoms with Crippen LogP contribution in [0.5, 0.6) is 0 Å². The van der Waals surface area contributed by atoms with E-state index < -0.39 is 0 Å². The molecule has 0 saturated heterocycles. The normalized spacial score (nSPS) is 29.2. The van der Waals surface area contributed by atoms with E-state index in [4.69, 9.17) is 0 Å². The first-order chi connectivity index (χ1) is 5.77. The highest BCUT2D eigenvalue weighted by molar-refractivity contribution is 5.29. The van der Waals surface area contributed by atoms with Gasteiger partial charge in [0.05, 0.1) is 0 Å². The molecule has 0 amide bonds. The van der Waals surface area contributed by atoms with E-state index in [1.54, 1.807) is 5.57 Å². The average molecular weight is 162 g/mol. The third-order valence-electron chi connectivity index (χ3n) is 3.07. The fourth-order valence-corrected chi connectivity index (χ4v) is 1.87. The van der Waals surface area contributed by atoms with Crippen molar-refractivity contribution in [3.63, 3.8) is 0 Å². The van der Waals surface area contributed by atoms with Gasteiger partial charge < -0.3 is 0 Å². The molecule has 2 aliphatic rings. The van der Waals surface area contributed by atoms with Crippen molar-refractivity contribution < 1.29 is 0 Å². The van der Waals surface area contributed by atoms with Crippen LogP contribution in [0.4, 0.5) is 0 Å². The maximum absolute atomic E-state index is 2.46. The van der Waals surface area contributed by atoms with E-state index in [-0.39, 0.29) is 0 Å². The smallest absolute Gasteiger partial charge is 0.0165 e. The largest absolute Gasteiger partial charge is 0.0806 e. The van der Waals surface area contributed by atoms with E-state index in [0.29, 0.717) is 0 Å². The Labute approximate surface area is 75.4 Å². The van der Waals surface area contributed by atoms with Crippen LogP contribution in [-0.4, -0.2) is 0 Å². The van der Waals surface area contributed by atoms with Gasteiger partial charge in [-0.3, -0.25) is 0 Å². The number of hydrogen-bond acceptors (Lipinski definition) is 0. The Hall–Kier alpha value is -0.520. The number of hydrogen-bond donors (Lipinski definition) is 0. The summed E-state index contributed by atoms with van der Waals surface area (Å²) in [5.41, 5.74) is 1.62. The lowest BCUT2D eigenvalue weighted by atomic mass is 9.87. The van der Waals surface area contributed by atoms with Gasteiger partial charge in [0, 0.05) is 0 Å². The molecule has 0 aromatic rings. The summed E-state index contributed by atoms with van der Waals surface area (Å²) in [6, 6.07) is 0. The third kappa shape index (κ3) is 1.63. The molecule has 2 aliphatic carbocycles. The zero-order valence-corrected chi connectivity index (χ0v) is 8.09. The molecule has 0 nitrogen and oxygen atoms in total. The van der Waals surface area contributed by atoms with Gasteiger partial charge in [-0.05, 0) is 42.6 Å². The zero-order valence-electron chi connectivity index (χ0n) is 8.09. The van der Waals surface area contributed by atoms with E-state index >= 15 is 0 Å². The molecule has 2 rings (SSSR count). The first-order valence-corrected chi connectivity index (χ1v) is 5.15. The Bertz CT molecular complexity index is 216. The predicted octanol–water partition coefficient (Wildman–Crippen LogP) is 3.55. The highest BCUT2D eigenvalue weighted by atomic mass is 14.3. The van der Waals surface area contributed by atoms with Gasteiger partial charge in [-0.15, -0.1) is 0 Å². The summed E-state index contributed by atoms with van der Waals surface area (Å²) in [6.07, 6.45) is 11.4. The lowest BCUT2D eigenvalue weighted by molar-refractivity contribution is 0.465. The van der Waals surface area contributed by atoms with Crippen molar-refractivity contribution in [3.8, 4) is 0 Å². The molecule has 0 heterocycles. The van der Waals surface area contributed by atoms with Crippen molar-refractivity contribution in [2.45, 2.75) is 33.1 Å². The molecular weight excluding hydrogens is 144 g/mol. The predicted molar refractivity (Wildman–Crippen MR) is 52.9 cm³/mol. The second-order valence-corrected chi connectivity index (χ2v) is 4.48. The van der Waals surface area contributed by atoms with Crippen LogP contribution in [-0.2, 0) is 0 Å². The molecule has 1 unspecified atom stereocenters. The van der Waals surface area contributed by atoms with Gasteiger partial charge in [-0.1, -0.05) is 32.1 Å². The quantitative estimate of drug-likeness (QED) is 0.582. The van der Waals surface area contributed by atoms with Gasteiger partial charge in [0.25, 0.3) is 0 Å². The minimum atomic E-state index is 0.799. The van der Waals surface area contributed by atoms with Gasteiger partial charge in [0.1, 0.15) is 0 Å². The molecule has 66 valence electrons. The standard InChI is InChI=1S/C12H18/c1-9(2)10-3-5-11(6-4-10)12-7-8-12/h3,5-6,9-10,12H,4,7-8H2,1-2H3. The molecule has 1 saturated carbocycles. The van der Waals surface area contributed by atoms with Crippen molar-refractivity contribution >= 4 is 0 Å². The number of rotatable bonds is 2. The van der Waals surface area contributed by atoms with Crippen molar-refractivity contribution in [2.75, 3.05) is 0 Å².